The van der Waals surface area contributed by atoms with E-state index in [4.69, 9.17) is 0 Å². The van der Waals surface area contributed by atoms with Crippen LogP contribution < -0.4 is 0 Å². The minimum Gasteiger partial charge on any atom is -0.521 e. The Bertz CT molecular complexity index is 25.6. The number of hydrogen-bond acceptors (Lipinski definition) is 0. The summed E-state index contributed by atoms with van der Waals surface area (Å²) in [5.41, 5.74) is 0. The van der Waals surface area contributed by atoms with Crippen molar-refractivity contribution in [2.75, 3.05) is 0 Å². The molecule has 0 nitrogen and oxygen atoms in total. The average molecular weight is 365 g/mol. The molecule has 0 N–H and O–H groups in total. The second-order valence-corrected chi connectivity index (χ2v) is 1.51. The number of hydrogen-bond donors (Lipinski definition) is 0. The quantitative estimate of drug-likeness (QED) is 0.627. The van der Waals surface area contributed by atoms with Crippen molar-refractivity contribution in [1.29, 1.82) is 0 Å². The predicted molar refractivity (Wildman–Crippen MR) is 34.7 cm³/mol. The summed E-state index contributed by atoms with van der Waals surface area (Å²) in [5.74, 6) is 0.634. The fourth-order valence-corrected chi connectivity index (χ4v) is 0. The second-order valence-electron chi connectivity index (χ2n) is 1.51. The molecule has 0 rings (SSSR count). The smallest absolute Gasteiger partial charge is 0 e. The van der Waals surface area contributed by atoms with Gasteiger partial charge in [-0.2, -0.15) is 5.92 Å². The molecule has 0 aliphatic heterocycles. The minimum atomic E-state index is 0. The van der Waals surface area contributed by atoms with Crippen LogP contribution >= 0.6 is 0 Å². The molecular weight excluding hydrogens is 351 g/mol. The first-order chi connectivity index (χ1) is 3.27. The summed E-state index contributed by atoms with van der Waals surface area (Å²) in [6, 6.07) is 0. The van der Waals surface area contributed by atoms with Crippen LogP contribution in [0.3, 0.4) is 0 Å². The van der Waals surface area contributed by atoms with Gasteiger partial charge < -0.3 is 13.5 Å². The van der Waals surface area contributed by atoms with Crippen molar-refractivity contribution in [3.05, 3.63) is 20.1 Å². The van der Waals surface area contributed by atoms with E-state index in [1.807, 2.05) is 0 Å². The summed E-state index contributed by atoms with van der Waals surface area (Å²) in [4.78, 5) is 0. The zero-order chi connectivity index (χ0) is 6.28. The van der Waals surface area contributed by atoms with Crippen molar-refractivity contribution < 1.29 is 0 Å². The Balaban J connectivity index is -0.0000000750. The molecule has 1 heteroatoms. The summed E-state index contributed by atoms with van der Waals surface area (Å²) in [6.07, 6.45) is 1.19. The molecule has 0 saturated heterocycles. The standard InChI is InChI=1S/C5H11.C2H3.Rf/c1-4-5(2)3;1-2;/h5H,2,4H2,1,3H3;1H,2H2;/q2*-1;. The predicted octanol–water partition coefficient (Wildman–Crippen LogP) is 2.47. The first kappa shape index (κ1) is 15.9. The van der Waals surface area contributed by atoms with E-state index in [1.54, 1.807) is 0 Å². The maximum atomic E-state index is 4.25. The van der Waals surface area contributed by atoms with Gasteiger partial charge in [0, 0.05) is 0 Å². The first-order valence-electron chi connectivity index (χ1n) is 2.51. The van der Waals surface area contributed by atoms with Gasteiger partial charge in [0.1, 0.15) is 0 Å². The van der Waals surface area contributed by atoms with E-state index >= 15 is 0 Å². The van der Waals surface area contributed by atoms with E-state index in [0.29, 0.717) is 5.92 Å². The topological polar surface area (TPSA) is 0 Å². The first-order valence-corrected chi connectivity index (χ1v) is 2.51. The van der Waals surface area contributed by atoms with Crippen molar-refractivity contribution in [3.63, 3.8) is 0 Å². The fourth-order valence-electron chi connectivity index (χ4n) is 0. The van der Waals surface area contributed by atoms with Gasteiger partial charge in [0.25, 0.3) is 0 Å². The summed E-state index contributed by atoms with van der Waals surface area (Å²) in [6.45, 7) is 15.0. The molecule has 0 fully saturated rings. The Hall–Kier alpha value is -1.26. The third-order valence-corrected chi connectivity index (χ3v) is 0.697. The van der Waals surface area contributed by atoms with Crippen LogP contribution in [0.4, 0.5) is 0 Å². The molecule has 0 spiro atoms. The van der Waals surface area contributed by atoms with Crippen LogP contribution in [0.1, 0.15) is 20.3 Å². The van der Waals surface area contributed by atoms with Gasteiger partial charge in [-0.05, 0) is 0 Å². The van der Waals surface area contributed by atoms with Crippen LogP contribution in [0.2, 0.25) is 0 Å². The van der Waals surface area contributed by atoms with Crippen LogP contribution in [0, 0.1) is 19.4 Å². The van der Waals surface area contributed by atoms with E-state index < -0.39 is 0 Å². The molecule has 0 radical (unpaired) electrons. The Morgan fingerprint density at radius 3 is 1.75 bits per heavy atom. The average Bonchev–Trinajstić information content (AvgIpc) is 1.73. The molecule has 0 aromatic heterocycles. The molecule has 1 unspecified atom stereocenters. The monoisotopic (exact) mass is 365 g/mol. The molecule has 0 aromatic carbocycles. The minimum absolute atomic E-state index is 0. The summed E-state index contributed by atoms with van der Waals surface area (Å²) < 4.78 is 0. The van der Waals surface area contributed by atoms with Crippen molar-refractivity contribution in [2.45, 2.75) is 20.3 Å². The van der Waals surface area contributed by atoms with Gasteiger partial charge in [-0.1, -0.05) is 20.3 Å². The fraction of sp³-hybridized carbons (Fsp3) is 0.571. The van der Waals surface area contributed by atoms with Gasteiger partial charge in [0.05, 0.1) is 0 Å². The maximum Gasteiger partial charge on any atom is 0 e. The van der Waals surface area contributed by atoms with Crippen LogP contribution in [-0.4, -0.2) is 0 Å². The third-order valence-electron chi connectivity index (χ3n) is 0.697. The van der Waals surface area contributed by atoms with Gasteiger partial charge in [0.2, 0.25) is 0 Å². The van der Waals surface area contributed by atoms with Gasteiger partial charge in [-0.25, -0.2) is 0 Å². The number of rotatable bonds is 1. The SMILES string of the molecule is [CH-]=C.[CH2-]C(C)CC.[Rf]. The molecule has 0 aliphatic rings. The van der Waals surface area contributed by atoms with Crippen molar-refractivity contribution >= 4 is 0 Å². The van der Waals surface area contributed by atoms with Gasteiger partial charge in [-0.3, -0.25) is 6.58 Å². The van der Waals surface area contributed by atoms with E-state index in [1.165, 1.54) is 6.42 Å². The molecule has 1 atom stereocenters. The van der Waals surface area contributed by atoms with Gasteiger partial charge in [-0.15, -0.1) is 0 Å². The Morgan fingerprint density at radius 2 is 1.75 bits per heavy atom. The summed E-state index contributed by atoms with van der Waals surface area (Å²) in [7, 11) is 0. The third kappa shape index (κ3) is 121. The summed E-state index contributed by atoms with van der Waals surface area (Å²) >= 11 is 0. The molecular formula is C7H14Rf-2. The molecule has 46 valence electrons. The molecule has 8 heavy (non-hydrogen) atoms. The van der Waals surface area contributed by atoms with E-state index in [9.17, 15) is 0 Å². The maximum absolute atomic E-state index is 4.25. The molecule has 0 amide bonds. The summed E-state index contributed by atoms with van der Waals surface area (Å²) in [5, 5.41) is 0. The molecule has 0 saturated carbocycles. The van der Waals surface area contributed by atoms with Crippen molar-refractivity contribution in [1.82, 2.24) is 0 Å². The Kier molecular flexibility index (Phi) is 34.1. The van der Waals surface area contributed by atoms with Crippen molar-refractivity contribution in [2.24, 2.45) is 5.92 Å². The van der Waals surface area contributed by atoms with E-state index in [0.717, 1.165) is 0 Å². The molecule has 0 bridgehead atoms. The second kappa shape index (κ2) is 17.2. The van der Waals surface area contributed by atoms with Crippen LogP contribution in [0.25, 0.3) is 0 Å². The van der Waals surface area contributed by atoms with Gasteiger partial charge >= 0.3 is 0 Å². The molecule has 0 aromatic rings. The van der Waals surface area contributed by atoms with Crippen LogP contribution in [0.15, 0.2) is 6.58 Å². The molecule has 0 aliphatic carbocycles. The van der Waals surface area contributed by atoms with Crippen LogP contribution in [0.5, 0.6) is 0 Å². The van der Waals surface area contributed by atoms with Gasteiger partial charge in [0.15, 0.2) is 0 Å². The largest absolute Gasteiger partial charge is 0.521 e. The molecule has 0 heterocycles. The van der Waals surface area contributed by atoms with Crippen LogP contribution in [-0.2, 0) is 0 Å². The van der Waals surface area contributed by atoms with E-state index in [-0.39, 0.29) is 0 Å². The Labute approximate surface area is 47.2 Å². The van der Waals surface area contributed by atoms with E-state index in [2.05, 4.69) is 33.9 Å². The normalized spacial score (nSPS) is 9.88. The zero-order valence-corrected chi connectivity index (χ0v) is 12.4. The zero-order valence-electron chi connectivity index (χ0n) is 5.98. The van der Waals surface area contributed by atoms with Crippen molar-refractivity contribution in [3.8, 4) is 0 Å². The Morgan fingerprint density at radius 1 is 1.62 bits per heavy atom.